The van der Waals surface area contributed by atoms with Crippen molar-refractivity contribution in [1.29, 1.82) is 5.26 Å². The third kappa shape index (κ3) is 6.01. The highest BCUT2D eigenvalue weighted by molar-refractivity contribution is 6.36. The van der Waals surface area contributed by atoms with Gasteiger partial charge in [-0.25, -0.2) is 4.98 Å². The third-order valence-electron chi connectivity index (χ3n) is 4.79. The molecule has 0 aliphatic heterocycles. The van der Waals surface area contributed by atoms with Gasteiger partial charge in [-0.1, -0.05) is 29.3 Å². The summed E-state index contributed by atoms with van der Waals surface area (Å²) in [7, 11) is 0. The van der Waals surface area contributed by atoms with Crippen molar-refractivity contribution in [2.75, 3.05) is 18.5 Å². The number of amides is 1. The van der Waals surface area contributed by atoms with Gasteiger partial charge in [0.25, 0.3) is 5.91 Å². The number of benzene rings is 1. The lowest BCUT2D eigenvalue weighted by Gasteiger charge is -2.11. The number of aromatic nitrogens is 2. The Morgan fingerprint density at radius 3 is 2.72 bits per heavy atom. The number of aryl methyl sites for hydroxylation is 1. The fourth-order valence-corrected chi connectivity index (χ4v) is 3.64. The van der Waals surface area contributed by atoms with Gasteiger partial charge in [-0.2, -0.15) is 5.26 Å². The van der Waals surface area contributed by atoms with Gasteiger partial charge in [0.2, 0.25) is 0 Å². The van der Waals surface area contributed by atoms with Crippen molar-refractivity contribution < 1.29 is 9.90 Å². The Morgan fingerprint density at radius 2 is 2.06 bits per heavy atom. The van der Waals surface area contributed by atoms with E-state index in [1.165, 1.54) is 6.20 Å². The molecule has 32 heavy (non-hydrogen) atoms. The van der Waals surface area contributed by atoms with Crippen LogP contribution in [0.2, 0.25) is 10.0 Å². The number of rotatable bonds is 9. The Labute approximate surface area is 196 Å². The number of carbonyl (C=O) groups excluding carboxylic acids is 1. The zero-order valence-electron chi connectivity index (χ0n) is 17.5. The molecule has 3 aromatic rings. The molecule has 1 amide bonds. The van der Waals surface area contributed by atoms with Crippen molar-refractivity contribution in [2.24, 2.45) is 0 Å². The van der Waals surface area contributed by atoms with E-state index in [9.17, 15) is 9.90 Å². The molecule has 166 valence electrons. The van der Waals surface area contributed by atoms with E-state index in [0.29, 0.717) is 51.2 Å². The number of pyridine rings is 1. The van der Waals surface area contributed by atoms with Crippen molar-refractivity contribution in [3.05, 3.63) is 70.1 Å². The second-order valence-corrected chi connectivity index (χ2v) is 8.17. The Hall–Kier alpha value is -3.05. The number of aliphatic hydroxyl groups is 1. The van der Waals surface area contributed by atoms with Crippen LogP contribution in [0.25, 0.3) is 11.1 Å². The minimum absolute atomic E-state index is 0.154. The van der Waals surface area contributed by atoms with Crippen LogP contribution in [0.15, 0.2) is 48.9 Å². The predicted octanol–water partition coefficient (Wildman–Crippen LogP) is 4.34. The number of aliphatic hydroxyl groups excluding tert-OH is 1. The minimum Gasteiger partial charge on any atom is -0.394 e. The summed E-state index contributed by atoms with van der Waals surface area (Å²) >= 11 is 12.4. The van der Waals surface area contributed by atoms with Gasteiger partial charge in [-0.15, -0.1) is 0 Å². The molecule has 2 heterocycles. The highest BCUT2D eigenvalue weighted by Gasteiger charge is 2.19. The molecule has 0 aliphatic rings. The van der Waals surface area contributed by atoms with Crippen molar-refractivity contribution in [3.63, 3.8) is 0 Å². The van der Waals surface area contributed by atoms with E-state index in [0.717, 1.165) is 6.42 Å². The quantitative estimate of drug-likeness (QED) is 0.402. The van der Waals surface area contributed by atoms with Gasteiger partial charge >= 0.3 is 0 Å². The summed E-state index contributed by atoms with van der Waals surface area (Å²) in [5.41, 5.74) is 2.38. The lowest BCUT2D eigenvalue weighted by Crippen LogP contribution is -2.35. The average Bonchev–Trinajstić information content (AvgIpc) is 3.21. The second-order valence-electron chi connectivity index (χ2n) is 7.33. The minimum atomic E-state index is -0.372. The first kappa shape index (κ1) is 23.6. The molecular weight excluding hydrogens is 449 g/mol. The number of anilines is 1. The van der Waals surface area contributed by atoms with Crippen molar-refractivity contribution in [3.8, 4) is 17.2 Å². The molecular formula is C23H23Cl2N5O2. The number of nitriles is 1. The maximum absolute atomic E-state index is 12.8. The lowest BCUT2D eigenvalue weighted by molar-refractivity contribution is 0.0923. The molecule has 0 saturated carbocycles. The first-order chi connectivity index (χ1) is 15.4. The van der Waals surface area contributed by atoms with Crippen LogP contribution in [0, 0.1) is 11.3 Å². The van der Waals surface area contributed by atoms with Crippen LogP contribution in [0.1, 0.15) is 29.3 Å². The van der Waals surface area contributed by atoms with E-state index in [-0.39, 0.29) is 18.6 Å². The molecule has 0 radical (unpaired) electrons. The molecule has 9 heteroatoms. The monoisotopic (exact) mass is 471 g/mol. The summed E-state index contributed by atoms with van der Waals surface area (Å²) in [5, 5.41) is 25.1. The number of hydrogen-bond donors (Lipinski definition) is 3. The van der Waals surface area contributed by atoms with Gasteiger partial charge in [0, 0.05) is 58.9 Å². The maximum Gasteiger partial charge on any atom is 0.253 e. The Kier molecular flexibility index (Phi) is 8.12. The van der Waals surface area contributed by atoms with Gasteiger partial charge in [-0.05, 0) is 37.6 Å². The van der Waals surface area contributed by atoms with Crippen LogP contribution >= 0.6 is 23.2 Å². The van der Waals surface area contributed by atoms with Crippen LogP contribution in [0.5, 0.6) is 0 Å². The molecule has 0 aliphatic carbocycles. The maximum atomic E-state index is 12.8. The summed E-state index contributed by atoms with van der Waals surface area (Å²) in [6.07, 6.45) is 5.96. The highest BCUT2D eigenvalue weighted by atomic mass is 35.5. The molecule has 0 spiro atoms. The Balaban J connectivity index is 1.74. The number of carbonyl (C=O) groups is 1. The molecule has 3 N–H and O–H groups in total. The smallest absolute Gasteiger partial charge is 0.253 e. The topological polar surface area (TPSA) is 103 Å². The Morgan fingerprint density at radius 1 is 1.25 bits per heavy atom. The van der Waals surface area contributed by atoms with E-state index < -0.39 is 0 Å². The first-order valence-electron chi connectivity index (χ1n) is 10.1. The molecule has 0 unspecified atom stereocenters. The number of hydrogen-bond acceptors (Lipinski definition) is 5. The van der Waals surface area contributed by atoms with Gasteiger partial charge in [0.05, 0.1) is 17.7 Å². The summed E-state index contributed by atoms with van der Waals surface area (Å²) in [6, 6.07) is 10.3. The van der Waals surface area contributed by atoms with Crippen molar-refractivity contribution in [2.45, 2.75) is 25.9 Å². The van der Waals surface area contributed by atoms with Gasteiger partial charge in [0.15, 0.2) is 0 Å². The highest BCUT2D eigenvalue weighted by Crippen LogP contribution is 2.33. The SMILES string of the molecule is C[C@H](CO)NC(=O)c1cn(CCCNc2ccc(C#N)cn2)cc1-c1ccc(Cl)cc1Cl. The lowest BCUT2D eigenvalue weighted by atomic mass is 10.0. The molecule has 0 fully saturated rings. The zero-order chi connectivity index (χ0) is 23.1. The fraction of sp³-hybridized carbons (Fsp3) is 0.261. The summed E-state index contributed by atoms with van der Waals surface area (Å²) in [6.45, 7) is 2.90. The normalized spacial score (nSPS) is 11.6. The van der Waals surface area contributed by atoms with Crippen molar-refractivity contribution >= 4 is 34.9 Å². The molecule has 7 nitrogen and oxygen atoms in total. The predicted molar refractivity (Wildman–Crippen MR) is 126 cm³/mol. The van der Waals surface area contributed by atoms with E-state index in [1.807, 2.05) is 16.8 Å². The van der Waals surface area contributed by atoms with Gasteiger partial charge in [-0.3, -0.25) is 4.79 Å². The number of nitrogens with zero attached hydrogens (tertiary/aromatic N) is 3. The average molecular weight is 472 g/mol. The molecule has 0 saturated heterocycles. The number of halogens is 2. The van der Waals surface area contributed by atoms with E-state index in [2.05, 4.69) is 15.6 Å². The Bertz CT molecular complexity index is 1120. The third-order valence-corrected chi connectivity index (χ3v) is 5.34. The van der Waals surface area contributed by atoms with Crippen LogP contribution < -0.4 is 10.6 Å². The van der Waals surface area contributed by atoms with E-state index in [4.69, 9.17) is 28.5 Å². The molecule has 0 bridgehead atoms. The van der Waals surface area contributed by atoms with Crippen LogP contribution in [-0.4, -0.2) is 39.8 Å². The molecule has 2 aromatic heterocycles. The van der Waals surface area contributed by atoms with Crippen LogP contribution in [0.4, 0.5) is 5.82 Å². The largest absolute Gasteiger partial charge is 0.394 e. The second kappa shape index (κ2) is 11.0. The van der Waals surface area contributed by atoms with E-state index >= 15 is 0 Å². The van der Waals surface area contributed by atoms with Gasteiger partial charge < -0.3 is 20.3 Å². The summed E-state index contributed by atoms with van der Waals surface area (Å²) < 4.78 is 1.94. The molecule has 3 rings (SSSR count). The standard InChI is InChI=1S/C23H23Cl2N5O2/c1-15(14-31)29-23(32)20-13-30(12-19(20)18-5-4-17(24)9-21(18)25)8-2-7-27-22-6-3-16(10-26)11-28-22/h3-6,9,11-13,15,31H,2,7-8,14H2,1H3,(H,27,28)(H,29,32)/t15-/m1/s1. The van der Waals surface area contributed by atoms with Crippen molar-refractivity contribution in [1.82, 2.24) is 14.9 Å². The fourth-order valence-electron chi connectivity index (χ4n) is 3.13. The summed E-state index contributed by atoms with van der Waals surface area (Å²) in [5.74, 6) is 0.412. The summed E-state index contributed by atoms with van der Waals surface area (Å²) in [4.78, 5) is 17.0. The van der Waals surface area contributed by atoms with Crippen LogP contribution in [0.3, 0.4) is 0 Å². The zero-order valence-corrected chi connectivity index (χ0v) is 19.0. The van der Waals surface area contributed by atoms with Crippen LogP contribution in [-0.2, 0) is 6.54 Å². The number of nitrogens with one attached hydrogen (secondary N) is 2. The molecule has 1 atom stereocenters. The van der Waals surface area contributed by atoms with E-state index in [1.54, 1.807) is 43.5 Å². The van der Waals surface area contributed by atoms with Gasteiger partial charge in [0.1, 0.15) is 11.9 Å². The first-order valence-corrected chi connectivity index (χ1v) is 10.8. The molecule has 1 aromatic carbocycles.